The lowest BCUT2D eigenvalue weighted by molar-refractivity contribution is 0.693. The average Bonchev–Trinajstić information content (AvgIpc) is 2.87. The third kappa shape index (κ3) is 2.52. The van der Waals surface area contributed by atoms with Crippen LogP contribution in [0.5, 0.6) is 0 Å². The Kier molecular flexibility index (Phi) is 3.69. The highest BCUT2D eigenvalue weighted by molar-refractivity contribution is 5.75. The Balaban J connectivity index is 2.16. The van der Waals surface area contributed by atoms with Gasteiger partial charge in [0.05, 0.1) is 0 Å². The van der Waals surface area contributed by atoms with E-state index in [4.69, 9.17) is 10.7 Å². The number of anilines is 1. The quantitative estimate of drug-likeness (QED) is 0.793. The predicted octanol–water partition coefficient (Wildman–Crippen LogP) is 3.60. The molecule has 1 aromatic carbocycles. The summed E-state index contributed by atoms with van der Waals surface area (Å²) in [6, 6.07) is 14.0. The molecule has 3 rings (SSSR count). The van der Waals surface area contributed by atoms with Crippen molar-refractivity contribution in [2.45, 2.75) is 19.9 Å². The first-order valence-corrected chi connectivity index (χ1v) is 7.13. The van der Waals surface area contributed by atoms with Crippen molar-refractivity contribution in [2.75, 3.05) is 5.73 Å². The van der Waals surface area contributed by atoms with Gasteiger partial charge in [-0.15, -0.1) is 0 Å². The van der Waals surface area contributed by atoms with Gasteiger partial charge in [-0.05, 0) is 18.6 Å². The smallest absolute Gasteiger partial charge is 0.142 e. The maximum absolute atomic E-state index is 6.33. The molecule has 4 heteroatoms. The minimum atomic E-state index is 0.698. The molecule has 0 aliphatic rings. The lowest BCUT2D eigenvalue weighted by atomic mass is 10.2. The fourth-order valence-corrected chi connectivity index (χ4v) is 2.44. The topological polar surface area (TPSA) is 56.7 Å². The molecule has 21 heavy (non-hydrogen) atoms. The zero-order valence-corrected chi connectivity index (χ0v) is 12.0. The molecular formula is C17H18N4. The molecule has 0 aliphatic carbocycles. The summed E-state index contributed by atoms with van der Waals surface area (Å²) in [4.78, 5) is 8.92. The van der Waals surface area contributed by atoms with Crippen molar-refractivity contribution < 1.29 is 0 Å². The number of nitrogens with two attached hydrogens (primary N) is 1. The van der Waals surface area contributed by atoms with Gasteiger partial charge < -0.3 is 10.3 Å². The van der Waals surface area contributed by atoms with E-state index >= 15 is 0 Å². The first-order valence-electron chi connectivity index (χ1n) is 7.13. The van der Waals surface area contributed by atoms with Crippen molar-refractivity contribution in [3.05, 3.63) is 54.9 Å². The first-order chi connectivity index (χ1) is 10.3. The molecule has 0 bridgehead atoms. The lowest BCUT2D eigenvalue weighted by Crippen LogP contribution is -2.04. The molecule has 0 spiro atoms. The Bertz CT molecular complexity index is 717. The van der Waals surface area contributed by atoms with Gasteiger partial charge in [0.15, 0.2) is 0 Å². The molecule has 2 aromatic heterocycles. The SMILES string of the molecule is CCCn1c(-c2ccccc2)nc(-c2cccnc2)c1N. The normalized spacial score (nSPS) is 10.7. The monoisotopic (exact) mass is 278 g/mol. The second kappa shape index (κ2) is 5.79. The fraction of sp³-hybridized carbons (Fsp3) is 0.176. The summed E-state index contributed by atoms with van der Waals surface area (Å²) in [5, 5.41) is 0. The Labute approximate surface area is 124 Å². The van der Waals surface area contributed by atoms with Crippen LogP contribution < -0.4 is 5.73 Å². The van der Waals surface area contributed by atoms with Crippen LogP contribution in [0.15, 0.2) is 54.9 Å². The molecular weight excluding hydrogens is 260 g/mol. The van der Waals surface area contributed by atoms with E-state index < -0.39 is 0 Å². The molecule has 0 unspecified atom stereocenters. The number of rotatable bonds is 4. The minimum absolute atomic E-state index is 0.698. The summed E-state index contributed by atoms with van der Waals surface area (Å²) in [6.45, 7) is 2.99. The van der Waals surface area contributed by atoms with Crippen molar-refractivity contribution in [3.8, 4) is 22.6 Å². The van der Waals surface area contributed by atoms with Gasteiger partial charge in [0.1, 0.15) is 17.3 Å². The standard InChI is InChI=1S/C17H18N4/c1-2-11-21-16(18)15(14-9-6-10-19-12-14)20-17(21)13-7-4-3-5-8-13/h3-10,12H,2,11,18H2,1H3. The molecule has 0 aliphatic heterocycles. The molecule has 3 aromatic rings. The Morgan fingerprint density at radius 3 is 2.48 bits per heavy atom. The van der Waals surface area contributed by atoms with Crippen molar-refractivity contribution in [3.63, 3.8) is 0 Å². The van der Waals surface area contributed by atoms with E-state index in [1.807, 2.05) is 30.3 Å². The number of nitrogens with zero attached hydrogens (tertiary/aromatic N) is 3. The van der Waals surface area contributed by atoms with Crippen LogP contribution in [0.4, 0.5) is 5.82 Å². The summed E-state index contributed by atoms with van der Waals surface area (Å²) in [5.41, 5.74) is 9.16. The average molecular weight is 278 g/mol. The zero-order chi connectivity index (χ0) is 14.7. The van der Waals surface area contributed by atoms with Crippen molar-refractivity contribution in [1.29, 1.82) is 0 Å². The first kappa shape index (κ1) is 13.4. The van der Waals surface area contributed by atoms with Gasteiger partial charge in [-0.2, -0.15) is 0 Å². The maximum Gasteiger partial charge on any atom is 0.142 e. The maximum atomic E-state index is 6.33. The number of hydrogen-bond acceptors (Lipinski definition) is 3. The molecule has 0 fully saturated rings. The van der Waals surface area contributed by atoms with E-state index in [1.165, 1.54) is 0 Å². The van der Waals surface area contributed by atoms with Crippen LogP contribution in [0.3, 0.4) is 0 Å². The van der Waals surface area contributed by atoms with E-state index in [1.54, 1.807) is 12.4 Å². The zero-order valence-electron chi connectivity index (χ0n) is 12.0. The number of nitrogen functional groups attached to an aromatic ring is 1. The van der Waals surface area contributed by atoms with E-state index in [2.05, 4.69) is 28.6 Å². The highest BCUT2D eigenvalue weighted by Gasteiger charge is 2.16. The highest BCUT2D eigenvalue weighted by Crippen LogP contribution is 2.30. The molecule has 0 atom stereocenters. The Hall–Kier alpha value is -2.62. The van der Waals surface area contributed by atoms with Gasteiger partial charge in [-0.1, -0.05) is 37.3 Å². The van der Waals surface area contributed by atoms with E-state index in [0.29, 0.717) is 5.82 Å². The molecule has 2 N–H and O–H groups in total. The van der Waals surface area contributed by atoms with E-state index in [9.17, 15) is 0 Å². The molecule has 0 amide bonds. The second-order valence-corrected chi connectivity index (χ2v) is 4.93. The number of aromatic nitrogens is 3. The summed E-state index contributed by atoms with van der Waals surface area (Å²) >= 11 is 0. The summed E-state index contributed by atoms with van der Waals surface area (Å²) in [5.74, 6) is 1.61. The van der Waals surface area contributed by atoms with Crippen LogP contribution in [0.25, 0.3) is 22.6 Å². The molecule has 0 saturated carbocycles. The van der Waals surface area contributed by atoms with Crippen LogP contribution in [-0.2, 0) is 6.54 Å². The van der Waals surface area contributed by atoms with Crippen LogP contribution >= 0.6 is 0 Å². The Morgan fingerprint density at radius 2 is 1.81 bits per heavy atom. The fourth-order valence-electron chi connectivity index (χ4n) is 2.44. The molecule has 0 radical (unpaired) electrons. The van der Waals surface area contributed by atoms with Crippen LogP contribution in [0, 0.1) is 0 Å². The van der Waals surface area contributed by atoms with Crippen molar-refractivity contribution >= 4 is 5.82 Å². The van der Waals surface area contributed by atoms with Crippen LogP contribution in [0.1, 0.15) is 13.3 Å². The van der Waals surface area contributed by atoms with E-state index in [0.717, 1.165) is 35.6 Å². The van der Waals surface area contributed by atoms with Crippen LogP contribution in [-0.4, -0.2) is 14.5 Å². The summed E-state index contributed by atoms with van der Waals surface area (Å²) in [6.07, 6.45) is 4.55. The van der Waals surface area contributed by atoms with Gasteiger partial charge in [0.25, 0.3) is 0 Å². The summed E-state index contributed by atoms with van der Waals surface area (Å²) < 4.78 is 2.08. The second-order valence-electron chi connectivity index (χ2n) is 4.93. The highest BCUT2D eigenvalue weighted by atomic mass is 15.1. The summed E-state index contributed by atoms with van der Waals surface area (Å²) in [7, 11) is 0. The lowest BCUT2D eigenvalue weighted by Gasteiger charge is -2.08. The van der Waals surface area contributed by atoms with Gasteiger partial charge in [-0.3, -0.25) is 4.98 Å². The van der Waals surface area contributed by atoms with Gasteiger partial charge in [0, 0.05) is 30.1 Å². The molecule has 0 saturated heterocycles. The number of pyridine rings is 1. The number of benzene rings is 1. The molecule has 2 heterocycles. The minimum Gasteiger partial charge on any atom is -0.383 e. The molecule has 4 nitrogen and oxygen atoms in total. The van der Waals surface area contributed by atoms with Crippen molar-refractivity contribution in [2.24, 2.45) is 0 Å². The van der Waals surface area contributed by atoms with Gasteiger partial charge in [-0.25, -0.2) is 4.98 Å². The van der Waals surface area contributed by atoms with Crippen LogP contribution in [0.2, 0.25) is 0 Å². The van der Waals surface area contributed by atoms with Gasteiger partial charge >= 0.3 is 0 Å². The predicted molar refractivity (Wildman–Crippen MR) is 85.6 cm³/mol. The third-order valence-corrected chi connectivity index (χ3v) is 3.42. The van der Waals surface area contributed by atoms with Gasteiger partial charge in [0.2, 0.25) is 0 Å². The number of imidazole rings is 1. The van der Waals surface area contributed by atoms with Crippen molar-refractivity contribution in [1.82, 2.24) is 14.5 Å². The number of hydrogen-bond donors (Lipinski definition) is 1. The largest absolute Gasteiger partial charge is 0.383 e. The van der Waals surface area contributed by atoms with E-state index in [-0.39, 0.29) is 0 Å². The third-order valence-electron chi connectivity index (χ3n) is 3.42. The Morgan fingerprint density at radius 1 is 1.05 bits per heavy atom. The molecule has 106 valence electrons.